The minimum absolute atomic E-state index is 0.0598. The van der Waals surface area contributed by atoms with E-state index in [9.17, 15) is 13.2 Å². The molecule has 0 bridgehead atoms. The van der Waals surface area contributed by atoms with Gasteiger partial charge in [-0.2, -0.15) is 0 Å². The Kier molecular flexibility index (Phi) is 5.00. The van der Waals surface area contributed by atoms with Crippen molar-refractivity contribution in [2.24, 2.45) is 0 Å². The van der Waals surface area contributed by atoms with Crippen molar-refractivity contribution in [3.05, 3.63) is 12.0 Å². The van der Waals surface area contributed by atoms with Crippen LogP contribution in [0.2, 0.25) is 0 Å². The van der Waals surface area contributed by atoms with Crippen LogP contribution >= 0.6 is 0 Å². The monoisotopic (exact) mass is 234 g/mol. The fourth-order valence-electron chi connectivity index (χ4n) is 0.894. The highest BCUT2D eigenvalue weighted by atomic mass is 32.2. The molecule has 4 nitrogen and oxygen atoms in total. The van der Waals surface area contributed by atoms with E-state index in [2.05, 4.69) is 6.58 Å². The maximum Gasteiger partial charge on any atom is 0.306 e. The number of ether oxygens (including phenoxy) is 1. The van der Waals surface area contributed by atoms with Crippen LogP contribution in [-0.4, -0.2) is 25.7 Å². The van der Waals surface area contributed by atoms with E-state index in [0.717, 1.165) is 5.41 Å². The number of carbonyl (C=O) groups is 1. The maximum absolute atomic E-state index is 11.2. The lowest BCUT2D eigenvalue weighted by Crippen LogP contribution is -2.24. The quantitative estimate of drug-likeness (QED) is 0.679. The van der Waals surface area contributed by atoms with Crippen molar-refractivity contribution in [2.45, 2.75) is 39.2 Å². The summed E-state index contributed by atoms with van der Waals surface area (Å²) in [6.45, 7) is 8.49. The van der Waals surface area contributed by atoms with Crippen molar-refractivity contribution in [3.8, 4) is 0 Å². The number of hydrogen-bond acceptors (Lipinski definition) is 4. The van der Waals surface area contributed by atoms with Crippen LogP contribution in [0.4, 0.5) is 0 Å². The molecule has 0 radical (unpaired) electrons. The van der Waals surface area contributed by atoms with Gasteiger partial charge >= 0.3 is 5.97 Å². The molecule has 0 N–H and O–H groups in total. The van der Waals surface area contributed by atoms with Gasteiger partial charge < -0.3 is 4.74 Å². The third kappa shape index (κ3) is 8.17. The zero-order valence-electron chi connectivity index (χ0n) is 9.45. The second kappa shape index (κ2) is 5.30. The van der Waals surface area contributed by atoms with Crippen LogP contribution < -0.4 is 0 Å². The van der Waals surface area contributed by atoms with Crippen LogP contribution in [0.3, 0.4) is 0 Å². The van der Waals surface area contributed by atoms with Crippen LogP contribution in [0.15, 0.2) is 12.0 Å². The molecule has 0 rings (SSSR count). The summed E-state index contributed by atoms with van der Waals surface area (Å²) in [4.78, 5) is 11.2. The van der Waals surface area contributed by atoms with E-state index in [-0.39, 0.29) is 24.6 Å². The third-order valence-electron chi connectivity index (χ3n) is 1.48. The number of esters is 1. The highest BCUT2D eigenvalue weighted by Gasteiger charge is 2.16. The molecule has 0 spiro atoms. The minimum atomic E-state index is -3.20. The molecule has 15 heavy (non-hydrogen) atoms. The first-order valence-electron chi connectivity index (χ1n) is 4.73. The van der Waals surface area contributed by atoms with Crippen molar-refractivity contribution in [2.75, 3.05) is 5.75 Å². The number of rotatable bonds is 5. The Labute approximate surface area is 91.2 Å². The first kappa shape index (κ1) is 14.2. The van der Waals surface area contributed by atoms with Gasteiger partial charge in [-0.05, 0) is 27.2 Å². The standard InChI is InChI=1S/C10H18O4S/c1-5-15(12,13)8-6-7-9(11)14-10(2,3)4/h5H,1,6-8H2,2-4H3. The molecule has 0 aliphatic carbocycles. The molecule has 0 aliphatic rings. The van der Waals surface area contributed by atoms with Crippen molar-refractivity contribution < 1.29 is 17.9 Å². The molecule has 0 saturated carbocycles. The summed E-state index contributed by atoms with van der Waals surface area (Å²) in [5.41, 5.74) is -0.519. The van der Waals surface area contributed by atoms with Gasteiger partial charge in [0.25, 0.3) is 0 Å². The smallest absolute Gasteiger partial charge is 0.306 e. The first-order valence-corrected chi connectivity index (χ1v) is 6.45. The van der Waals surface area contributed by atoms with Crippen LogP contribution in [0, 0.1) is 0 Å². The van der Waals surface area contributed by atoms with Gasteiger partial charge in [0.1, 0.15) is 5.60 Å². The molecule has 0 amide bonds. The van der Waals surface area contributed by atoms with E-state index in [1.807, 2.05) is 0 Å². The summed E-state index contributed by atoms with van der Waals surface area (Å²) >= 11 is 0. The van der Waals surface area contributed by atoms with Crippen LogP contribution in [-0.2, 0) is 19.4 Å². The Balaban J connectivity index is 3.89. The Morgan fingerprint density at radius 3 is 2.33 bits per heavy atom. The van der Waals surface area contributed by atoms with E-state index in [1.54, 1.807) is 20.8 Å². The second-order valence-corrected chi connectivity index (χ2v) is 6.29. The molecule has 0 aromatic rings. The van der Waals surface area contributed by atoms with E-state index >= 15 is 0 Å². The SMILES string of the molecule is C=CS(=O)(=O)CCCC(=O)OC(C)(C)C. The van der Waals surface area contributed by atoms with Crippen molar-refractivity contribution >= 4 is 15.8 Å². The molecule has 0 aromatic carbocycles. The lowest BCUT2D eigenvalue weighted by molar-refractivity contribution is -0.154. The van der Waals surface area contributed by atoms with E-state index < -0.39 is 15.4 Å². The Morgan fingerprint density at radius 1 is 1.40 bits per heavy atom. The maximum atomic E-state index is 11.2. The van der Waals surface area contributed by atoms with Crippen molar-refractivity contribution in [1.29, 1.82) is 0 Å². The number of carbonyl (C=O) groups excluding carboxylic acids is 1. The summed E-state index contributed by atoms with van der Waals surface area (Å²) in [5.74, 6) is -0.433. The summed E-state index contributed by atoms with van der Waals surface area (Å²) in [6, 6.07) is 0. The average Bonchev–Trinajstić information content (AvgIpc) is 2.00. The highest BCUT2D eigenvalue weighted by Crippen LogP contribution is 2.09. The molecule has 0 atom stereocenters. The molecular weight excluding hydrogens is 216 g/mol. The second-order valence-electron chi connectivity index (χ2n) is 4.22. The lowest BCUT2D eigenvalue weighted by Gasteiger charge is -2.19. The van der Waals surface area contributed by atoms with Gasteiger partial charge in [-0.25, -0.2) is 8.42 Å². The average molecular weight is 234 g/mol. The molecule has 0 fully saturated rings. The van der Waals surface area contributed by atoms with Gasteiger partial charge in [-0.1, -0.05) is 6.58 Å². The van der Waals surface area contributed by atoms with Gasteiger partial charge in [-0.15, -0.1) is 0 Å². The van der Waals surface area contributed by atoms with E-state index in [1.165, 1.54) is 0 Å². The fraction of sp³-hybridized carbons (Fsp3) is 0.700. The summed E-state index contributed by atoms with van der Waals surface area (Å²) in [5, 5.41) is 0.905. The topological polar surface area (TPSA) is 60.4 Å². The summed E-state index contributed by atoms with van der Waals surface area (Å²) < 4.78 is 27.0. The summed E-state index contributed by atoms with van der Waals surface area (Å²) in [6.07, 6.45) is 0.383. The van der Waals surface area contributed by atoms with Crippen LogP contribution in [0.5, 0.6) is 0 Å². The molecular formula is C10H18O4S. The van der Waals surface area contributed by atoms with Crippen LogP contribution in [0.25, 0.3) is 0 Å². The summed E-state index contributed by atoms with van der Waals surface area (Å²) in [7, 11) is -3.20. The van der Waals surface area contributed by atoms with E-state index in [4.69, 9.17) is 4.74 Å². The highest BCUT2D eigenvalue weighted by molar-refractivity contribution is 7.94. The predicted molar refractivity (Wildman–Crippen MR) is 59.1 cm³/mol. The van der Waals surface area contributed by atoms with Gasteiger partial charge in [0.2, 0.25) is 0 Å². The van der Waals surface area contributed by atoms with Gasteiger partial charge in [0.15, 0.2) is 9.84 Å². The first-order chi connectivity index (χ1) is 6.66. The zero-order chi connectivity index (χ0) is 12.1. The Hall–Kier alpha value is -0.840. The number of sulfone groups is 1. The van der Waals surface area contributed by atoms with Gasteiger partial charge in [0.05, 0.1) is 5.75 Å². The third-order valence-corrected chi connectivity index (χ3v) is 2.85. The van der Waals surface area contributed by atoms with Gasteiger partial charge in [0, 0.05) is 11.8 Å². The minimum Gasteiger partial charge on any atom is -0.460 e. The molecule has 0 unspecified atom stereocenters. The lowest BCUT2D eigenvalue weighted by atomic mass is 10.2. The largest absolute Gasteiger partial charge is 0.460 e. The Morgan fingerprint density at radius 2 is 1.93 bits per heavy atom. The van der Waals surface area contributed by atoms with Crippen molar-refractivity contribution in [3.63, 3.8) is 0 Å². The zero-order valence-corrected chi connectivity index (χ0v) is 10.3. The fourth-order valence-corrected chi connectivity index (χ4v) is 1.61. The molecule has 0 saturated heterocycles. The van der Waals surface area contributed by atoms with E-state index in [0.29, 0.717) is 0 Å². The normalized spacial score (nSPS) is 12.2. The Bertz CT molecular complexity index is 322. The molecule has 88 valence electrons. The molecule has 5 heteroatoms. The predicted octanol–water partition coefficient (Wildman–Crippen LogP) is 1.67. The van der Waals surface area contributed by atoms with Crippen LogP contribution in [0.1, 0.15) is 33.6 Å². The molecule has 0 heterocycles. The molecule has 0 aromatic heterocycles. The molecule has 0 aliphatic heterocycles. The number of hydrogen-bond donors (Lipinski definition) is 0. The van der Waals surface area contributed by atoms with Crippen molar-refractivity contribution in [1.82, 2.24) is 0 Å². The van der Waals surface area contributed by atoms with Gasteiger partial charge in [-0.3, -0.25) is 4.79 Å².